The Morgan fingerprint density at radius 2 is 1.88 bits per heavy atom. The fourth-order valence-corrected chi connectivity index (χ4v) is 2.91. The van der Waals surface area contributed by atoms with Crippen molar-refractivity contribution in [3.63, 3.8) is 0 Å². The van der Waals surface area contributed by atoms with E-state index in [0.29, 0.717) is 17.9 Å². The van der Waals surface area contributed by atoms with Gasteiger partial charge in [-0.25, -0.2) is 18.2 Å². The number of benzene rings is 2. The number of hydrogen-bond acceptors (Lipinski definition) is 7. The summed E-state index contributed by atoms with van der Waals surface area (Å²) in [6.07, 6.45) is 1.86. The summed E-state index contributed by atoms with van der Waals surface area (Å²) in [5.74, 6) is 1.02. The number of carbonyl (C=O) groups is 1. The van der Waals surface area contributed by atoms with Crippen molar-refractivity contribution < 1.29 is 37.1 Å². The van der Waals surface area contributed by atoms with E-state index in [1.54, 1.807) is 6.07 Å². The van der Waals surface area contributed by atoms with Gasteiger partial charge >= 0.3 is 5.97 Å². The van der Waals surface area contributed by atoms with Gasteiger partial charge in [0.25, 0.3) is 0 Å². The summed E-state index contributed by atoms with van der Waals surface area (Å²) in [7, 11) is -2.01. The van der Waals surface area contributed by atoms with Crippen LogP contribution in [-0.4, -0.2) is 47.7 Å². The van der Waals surface area contributed by atoms with Crippen molar-refractivity contribution in [2.75, 3.05) is 14.2 Å². The molecule has 0 fully saturated rings. The number of hydrogen-bond donors (Lipinski definition) is 3. The van der Waals surface area contributed by atoms with Crippen LogP contribution in [0.4, 0.5) is 0 Å². The predicted molar refractivity (Wildman–Crippen MR) is 115 cm³/mol. The Balaban J connectivity index is 0.000000654. The minimum absolute atomic E-state index is 0.145. The molecule has 0 radical (unpaired) electrons. The number of rotatable bonds is 7. The van der Waals surface area contributed by atoms with Gasteiger partial charge in [0, 0.05) is 5.56 Å². The molecular weight excluding hydrogens is 438 g/mol. The maximum absolute atomic E-state index is 11.9. The second-order valence-corrected chi connectivity index (χ2v) is 7.59. The molecule has 0 saturated carbocycles. The topological polar surface area (TPSA) is 158 Å². The van der Waals surface area contributed by atoms with E-state index >= 15 is 0 Å². The molecule has 1 heterocycles. The lowest BCUT2D eigenvalue weighted by molar-refractivity contribution is -0.708. The van der Waals surface area contributed by atoms with Crippen molar-refractivity contribution in [1.82, 2.24) is 9.97 Å². The zero-order valence-electron chi connectivity index (χ0n) is 17.8. The van der Waals surface area contributed by atoms with Gasteiger partial charge in [0.05, 0.1) is 26.1 Å². The van der Waals surface area contributed by atoms with E-state index < -0.39 is 16.4 Å². The second kappa shape index (κ2) is 11.4. The second-order valence-electron chi connectivity index (χ2n) is 6.73. The number of nitrogens with one attached hydrogen (secondary N) is 1. The van der Waals surface area contributed by atoms with E-state index in [-0.39, 0.29) is 6.04 Å². The Kier molecular flexibility index (Phi) is 8.91. The number of imidazole rings is 1. The van der Waals surface area contributed by atoms with Crippen molar-refractivity contribution in [1.29, 1.82) is 0 Å². The number of methoxy groups -OCH3 is 2. The van der Waals surface area contributed by atoms with Crippen LogP contribution >= 0.6 is 0 Å². The minimum Gasteiger partial charge on any atom is -0.726 e. The summed E-state index contributed by atoms with van der Waals surface area (Å²) in [4.78, 5) is 19.8. The lowest BCUT2D eigenvalue weighted by atomic mass is 10.1. The quantitative estimate of drug-likeness (QED) is 0.271. The average molecular weight is 464 g/mol. The lowest BCUT2D eigenvalue weighted by Gasteiger charge is -2.11. The molecule has 0 aliphatic carbocycles. The Morgan fingerprint density at radius 3 is 2.47 bits per heavy atom. The monoisotopic (exact) mass is 463 g/mol. The fourth-order valence-electron chi connectivity index (χ4n) is 2.91. The Morgan fingerprint density at radius 1 is 1.22 bits per heavy atom. The van der Waals surface area contributed by atoms with Crippen molar-refractivity contribution >= 4 is 16.4 Å². The summed E-state index contributed by atoms with van der Waals surface area (Å²) < 4.78 is 42.9. The number of nitrogens with two attached hydrogens (primary N) is 1. The molecular formula is C21H25N3O7S. The third-order valence-corrected chi connectivity index (χ3v) is 4.49. The highest BCUT2D eigenvalue weighted by atomic mass is 32.3. The maximum atomic E-state index is 11.9. The van der Waals surface area contributed by atoms with Gasteiger partial charge in [-0.1, -0.05) is 30.3 Å². The molecule has 0 amide bonds. The molecule has 32 heavy (non-hydrogen) atoms. The molecule has 0 bridgehead atoms. The van der Waals surface area contributed by atoms with E-state index in [1.165, 1.54) is 14.2 Å². The van der Waals surface area contributed by atoms with E-state index in [0.717, 1.165) is 22.6 Å². The molecule has 1 aromatic heterocycles. The van der Waals surface area contributed by atoms with Gasteiger partial charge < -0.3 is 24.3 Å². The Labute approximate surface area is 186 Å². The van der Waals surface area contributed by atoms with Crippen LogP contribution in [0.1, 0.15) is 34.7 Å². The average Bonchev–Trinajstić information content (AvgIpc) is 3.26. The number of esters is 1. The number of ether oxygens (including phenoxy) is 2. The summed E-state index contributed by atoms with van der Waals surface area (Å²) in [6.45, 7) is 2.80. The Bertz CT molecular complexity index is 1120. The SMILES string of the molecule is COC(=O)c1cc(C[NH2+][C@@H](C)c2ncc(-c3ccccc3)[nH]2)ccc1OC.O=S(=O)([O-])O. The van der Waals surface area contributed by atoms with E-state index in [9.17, 15) is 4.79 Å². The first kappa shape index (κ1) is 25.0. The molecule has 0 unspecified atom stereocenters. The van der Waals surface area contributed by atoms with E-state index in [2.05, 4.69) is 34.3 Å². The number of aromatic amines is 1. The summed E-state index contributed by atoms with van der Waals surface area (Å²) in [6, 6.07) is 15.8. The van der Waals surface area contributed by atoms with Gasteiger partial charge in [-0.2, -0.15) is 0 Å². The van der Waals surface area contributed by atoms with Crippen molar-refractivity contribution in [3.05, 3.63) is 71.7 Å². The molecule has 4 N–H and O–H groups in total. The van der Waals surface area contributed by atoms with Gasteiger partial charge in [0.1, 0.15) is 23.9 Å². The molecule has 1 atom stereocenters. The molecule has 10 nitrogen and oxygen atoms in total. The van der Waals surface area contributed by atoms with Gasteiger partial charge in [0.15, 0.2) is 5.82 Å². The normalized spacial score (nSPS) is 11.8. The van der Waals surface area contributed by atoms with Crippen LogP contribution in [0.15, 0.2) is 54.7 Å². The maximum Gasteiger partial charge on any atom is 0.341 e. The van der Waals surface area contributed by atoms with E-state index in [4.69, 9.17) is 27.0 Å². The van der Waals surface area contributed by atoms with Crippen LogP contribution in [0.3, 0.4) is 0 Å². The van der Waals surface area contributed by atoms with Gasteiger partial charge in [-0.15, -0.1) is 0 Å². The third-order valence-electron chi connectivity index (χ3n) is 4.49. The Hall–Kier alpha value is -3.25. The van der Waals surface area contributed by atoms with Crippen LogP contribution in [-0.2, 0) is 21.7 Å². The van der Waals surface area contributed by atoms with Crippen molar-refractivity contribution in [3.8, 4) is 17.0 Å². The summed E-state index contributed by atoms with van der Waals surface area (Å²) in [5.41, 5.74) is 3.56. The smallest absolute Gasteiger partial charge is 0.341 e. The third kappa shape index (κ3) is 7.78. The first-order valence-electron chi connectivity index (χ1n) is 9.49. The highest BCUT2D eigenvalue weighted by Gasteiger charge is 2.16. The molecule has 0 aliphatic heterocycles. The fraction of sp³-hybridized carbons (Fsp3) is 0.238. The van der Waals surface area contributed by atoms with Gasteiger partial charge in [-0.05, 0) is 30.7 Å². The van der Waals surface area contributed by atoms with E-state index in [1.807, 2.05) is 36.5 Å². The highest BCUT2D eigenvalue weighted by Crippen LogP contribution is 2.21. The summed E-state index contributed by atoms with van der Waals surface area (Å²) >= 11 is 0. The van der Waals surface area contributed by atoms with Gasteiger partial charge in [0.2, 0.25) is 10.4 Å². The molecule has 172 valence electrons. The van der Waals surface area contributed by atoms with Crippen LogP contribution in [0.2, 0.25) is 0 Å². The number of quaternary nitrogens is 1. The number of carbonyl (C=O) groups excluding carboxylic acids is 1. The molecule has 2 aromatic carbocycles. The van der Waals surface area contributed by atoms with Crippen molar-refractivity contribution in [2.24, 2.45) is 0 Å². The predicted octanol–water partition coefficient (Wildman–Crippen LogP) is 1.70. The minimum atomic E-state index is -4.92. The van der Waals surface area contributed by atoms with Crippen molar-refractivity contribution in [2.45, 2.75) is 19.5 Å². The first-order chi connectivity index (χ1) is 15.1. The molecule has 0 saturated heterocycles. The van der Waals surface area contributed by atoms with Crippen LogP contribution < -0.4 is 10.1 Å². The van der Waals surface area contributed by atoms with Crippen LogP contribution in [0.5, 0.6) is 5.75 Å². The first-order valence-corrected chi connectivity index (χ1v) is 10.9. The molecule has 3 aromatic rings. The number of aromatic nitrogens is 2. The highest BCUT2D eigenvalue weighted by molar-refractivity contribution is 7.79. The zero-order chi connectivity index (χ0) is 23.7. The number of nitrogens with zero attached hydrogens (tertiary/aromatic N) is 1. The largest absolute Gasteiger partial charge is 0.726 e. The molecule has 11 heteroatoms. The molecule has 0 aliphatic rings. The number of H-pyrrole nitrogens is 1. The standard InChI is InChI=1S/C21H23N3O3.H2O4S/c1-14(20-23-13-18(24-20)16-7-5-4-6-8-16)22-12-15-9-10-19(26-2)17(11-15)21(25)27-3;1-5(2,3)4/h4-11,13-14,22H,12H2,1-3H3,(H,23,24);(H2,1,2,3,4)/t14-;/m0./s1. The lowest BCUT2D eigenvalue weighted by Crippen LogP contribution is -2.83. The zero-order valence-corrected chi connectivity index (χ0v) is 18.6. The summed E-state index contributed by atoms with van der Waals surface area (Å²) in [5, 5.41) is 2.16. The van der Waals surface area contributed by atoms with Crippen LogP contribution in [0, 0.1) is 0 Å². The molecule has 0 spiro atoms. The van der Waals surface area contributed by atoms with Gasteiger partial charge in [-0.3, -0.25) is 4.55 Å². The van der Waals surface area contributed by atoms with Crippen LogP contribution in [0.25, 0.3) is 11.3 Å². The molecule has 3 rings (SSSR count).